The molecule has 2 aliphatic heterocycles. The van der Waals surface area contributed by atoms with Gasteiger partial charge in [-0.3, -0.25) is 14.5 Å². The van der Waals surface area contributed by atoms with Gasteiger partial charge in [0.25, 0.3) is 5.91 Å². The van der Waals surface area contributed by atoms with E-state index in [1.807, 2.05) is 30.3 Å². The third-order valence-corrected chi connectivity index (χ3v) is 9.23. The van der Waals surface area contributed by atoms with Crippen LogP contribution in [0.3, 0.4) is 0 Å². The first-order valence-electron chi connectivity index (χ1n) is 15.9. The van der Waals surface area contributed by atoms with Crippen molar-refractivity contribution in [3.05, 3.63) is 100 Å². The van der Waals surface area contributed by atoms with E-state index in [0.29, 0.717) is 31.0 Å². The van der Waals surface area contributed by atoms with Crippen LogP contribution in [0.4, 0.5) is 10.1 Å². The zero-order chi connectivity index (χ0) is 31.4. The van der Waals surface area contributed by atoms with Gasteiger partial charge in [0.2, 0.25) is 5.91 Å². The summed E-state index contributed by atoms with van der Waals surface area (Å²) < 4.78 is 20.5. The Kier molecular flexibility index (Phi) is 9.86. The van der Waals surface area contributed by atoms with Gasteiger partial charge in [-0.1, -0.05) is 69.3 Å². The van der Waals surface area contributed by atoms with Crippen molar-refractivity contribution in [1.29, 1.82) is 0 Å². The van der Waals surface area contributed by atoms with Crippen molar-refractivity contribution in [2.75, 3.05) is 32.1 Å². The number of piperidine rings is 1. The Morgan fingerprint density at radius 2 is 1.70 bits per heavy atom. The zero-order valence-electron chi connectivity index (χ0n) is 26.7. The molecule has 0 radical (unpaired) electrons. The number of hydrogen-bond donors (Lipinski definition) is 1. The second-order valence-electron chi connectivity index (χ2n) is 13.4. The van der Waals surface area contributed by atoms with Crippen LogP contribution >= 0.6 is 0 Å². The molecule has 5 rings (SSSR count). The normalized spacial score (nSPS) is 21.0. The number of halogens is 1. The van der Waals surface area contributed by atoms with E-state index in [-0.39, 0.29) is 22.8 Å². The number of likely N-dealkylation sites (tertiary alicyclic amines) is 2. The van der Waals surface area contributed by atoms with Gasteiger partial charge in [-0.25, -0.2) is 4.39 Å². The molecule has 2 heterocycles. The summed E-state index contributed by atoms with van der Waals surface area (Å²) in [6, 6.07) is 20.8. The number of hydrogen-bond acceptors (Lipinski definition) is 4. The first kappa shape index (κ1) is 31.9. The predicted molar refractivity (Wildman–Crippen MR) is 173 cm³/mol. The van der Waals surface area contributed by atoms with Gasteiger partial charge in [0.05, 0.1) is 24.1 Å². The Balaban J connectivity index is 1.46. The first-order chi connectivity index (χ1) is 21.1. The SMILES string of the molecule is COC[C@@H]1CCCN1Cc1ccc([C@H]2[C@@H](C(=O)Nc3cccc(C(C)(C)C)c3)CCCN2C(=O)c2c(C)cccc2F)cc1. The van der Waals surface area contributed by atoms with E-state index < -0.39 is 17.8 Å². The Bertz CT molecular complexity index is 1450. The number of nitrogens with one attached hydrogen (secondary N) is 1. The lowest BCUT2D eigenvalue weighted by Gasteiger charge is -2.41. The van der Waals surface area contributed by atoms with Crippen LogP contribution in [-0.2, 0) is 21.5 Å². The maximum absolute atomic E-state index is 15.1. The number of carbonyl (C=O) groups excluding carboxylic acids is 2. The fourth-order valence-corrected chi connectivity index (χ4v) is 6.79. The second-order valence-corrected chi connectivity index (χ2v) is 13.4. The Morgan fingerprint density at radius 3 is 2.41 bits per heavy atom. The van der Waals surface area contributed by atoms with Gasteiger partial charge in [0, 0.05) is 31.9 Å². The van der Waals surface area contributed by atoms with Gasteiger partial charge in [-0.2, -0.15) is 0 Å². The summed E-state index contributed by atoms with van der Waals surface area (Å²) >= 11 is 0. The summed E-state index contributed by atoms with van der Waals surface area (Å²) in [6.07, 6.45) is 3.58. The molecular formula is C37H46FN3O3. The standard InChI is InChI=1S/C37H46FN3O3/c1-25-10-6-15-32(38)33(25)36(43)41-21-9-14-31(35(42)39-29-12-7-11-28(22-29)37(2,3)4)34(41)27-18-16-26(17-19-27)23-40-20-8-13-30(40)24-44-5/h6-7,10-12,15-19,22,30-31,34H,8-9,13-14,20-21,23-24H2,1-5H3,(H,39,42)/t30-,31-,34-/m0/s1. The highest BCUT2D eigenvalue weighted by Crippen LogP contribution is 2.39. The van der Waals surface area contributed by atoms with Crippen molar-refractivity contribution >= 4 is 17.5 Å². The van der Waals surface area contributed by atoms with Crippen LogP contribution in [0.5, 0.6) is 0 Å². The second kappa shape index (κ2) is 13.6. The molecular weight excluding hydrogens is 553 g/mol. The fourth-order valence-electron chi connectivity index (χ4n) is 6.79. The highest BCUT2D eigenvalue weighted by Gasteiger charge is 2.40. The average Bonchev–Trinajstić information content (AvgIpc) is 3.43. The van der Waals surface area contributed by atoms with E-state index in [1.54, 1.807) is 31.1 Å². The van der Waals surface area contributed by atoms with Crippen molar-refractivity contribution in [2.45, 2.75) is 77.4 Å². The molecule has 0 aromatic heterocycles. The lowest BCUT2D eigenvalue weighted by atomic mass is 9.82. The largest absolute Gasteiger partial charge is 0.383 e. The minimum absolute atomic E-state index is 0.0602. The average molecular weight is 600 g/mol. The van der Waals surface area contributed by atoms with E-state index >= 15 is 4.39 Å². The smallest absolute Gasteiger partial charge is 0.257 e. The molecule has 2 fully saturated rings. The van der Waals surface area contributed by atoms with Crippen LogP contribution in [0.1, 0.15) is 85.1 Å². The van der Waals surface area contributed by atoms with E-state index in [0.717, 1.165) is 49.4 Å². The minimum atomic E-state index is -0.536. The number of amides is 2. The molecule has 0 bridgehead atoms. The molecule has 2 aliphatic rings. The number of anilines is 1. The highest BCUT2D eigenvalue weighted by atomic mass is 19.1. The number of aryl methyl sites for hydroxylation is 1. The number of benzene rings is 3. The summed E-state index contributed by atoms with van der Waals surface area (Å²) in [5.41, 5.74) is 4.53. The summed E-state index contributed by atoms with van der Waals surface area (Å²) in [7, 11) is 1.75. The first-order valence-corrected chi connectivity index (χ1v) is 15.9. The molecule has 1 N–H and O–H groups in total. The van der Waals surface area contributed by atoms with Crippen LogP contribution in [0.2, 0.25) is 0 Å². The molecule has 3 atom stereocenters. The molecule has 0 unspecified atom stereocenters. The van der Waals surface area contributed by atoms with Gasteiger partial charge in [-0.05, 0) is 85.0 Å². The lowest BCUT2D eigenvalue weighted by molar-refractivity contribution is -0.123. The number of nitrogens with zero attached hydrogens (tertiary/aromatic N) is 2. The highest BCUT2D eigenvalue weighted by molar-refractivity contribution is 5.98. The van der Waals surface area contributed by atoms with Gasteiger partial charge < -0.3 is 15.0 Å². The fraction of sp³-hybridized carbons (Fsp3) is 0.459. The zero-order valence-corrected chi connectivity index (χ0v) is 26.7. The number of methoxy groups -OCH3 is 1. The van der Waals surface area contributed by atoms with Gasteiger partial charge in [0.15, 0.2) is 0 Å². The summed E-state index contributed by atoms with van der Waals surface area (Å²) in [6.45, 7) is 11.2. The van der Waals surface area contributed by atoms with Gasteiger partial charge >= 0.3 is 0 Å². The maximum Gasteiger partial charge on any atom is 0.257 e. The van der Waals surface area contributed by atoms with E-state index in [4.69, 9.17) is 4.74 Å². The van der Waals surface area contributed by atoms with Crippen LogP contribution < -0.4 is 5.32 Å². The number of rotatable bonds is 8. The molecule has 2 saturated heterocycles. The van der Waals surface area contributed by atoms with Gasteiger partial charge in [-0.15, -0.1) is 0 Å². The summed E-state index contributed by atoms with van der Waals surface area (Å²) in [4.78, 5) is 32.2. The van der Waals surface area contributed by atoms with E-state index in [9.17, 15) is 9.59 Å². The number of carbonyl (C=O) groups is 2. The third kappa shape index (κ3) is 7.05. The lowest BCUT2D eigenvalue weighted by Crippen LogP contribution is -2.46. The molecule has 6 nitrogen and oxygen atoms in total. The third-order valence-electron chi connectivity index (χ3n) is 9.23. The molecule has 3 aromatic rings. The molecule has 0 saturated carbocycles. The van der Waals surface area contributed by atoms with Crippen molar-refractivity contribution in [2.24, 2.45) is 5.92 Å². The molecule has 2 amide bonds. The molecule has 7 heteroatoms. The summed E-state index contributed by atoms with van der Waals surface area (Å²) in [5, 5.41) is 3.15. The van der Waals surface area contributed by atoms with Crippen molar-refractivity contribution in [1.82, 2.24) is 9.80 Å². The van der Waals surface area contributed by atoms with E-state index in [1.165, 1.54) is 11.6 Å². The predicted octanol–water partition coefficient (Wildman–Crippen LogP) is 7.27. The molecule has 234 valence electrons. The summed E-state index contributed by atoms with van der Waals surface area (Å²) in [5.74, 6) is -1.53. The quantitative estimate of drug-likeness (QED) is 0.296. The monoisotopic (exact) mass is 599 g/mol. The molecule has 0 spiro atoms. The van der Waals surface area contributed by atoms with Crippen LogP contribution in [0.25, 0.3) is 0 Å². The van der Waals surface area contributed by atoms with Crippen LogP contribution in [-0.4, -0.2) is 54.5 Å². The molecule has 44 heavy (non-hydrogen) atoms. The van der Waals surface area contributed by atoms with Crippen molar-refractivity contribution < 1.29 is 18.7 Å². The topological polar surface area (TPSA) is 61.9 Å². The minimum Gasteiger partial charge on any atom is -0.383 e. The number of ether oxygens (including phenoxy) is 1. The Morgan fingerprint density at radius 1 is 0.977 bits per heavy atom. The van der Waals surface area contributed by atoms with Crippen molar-refractivity contribution in [3.8, 4) is 0 Å². The maximum atomic E-state index is 15.1. The molecule has 3 aromatic carbocycles. The van der Waals surface area contributed by atoms with E-state index in [2.05, 4.69) is 49.2 Å². The Labute approximate surface area is 261 Å². The van der Waals surface area contributed by atoms with Crippen LogP contribution in [0.15, 0.2) is 66.7 Å². The molecule has 0 aliphatic carbocycles. The van der Waals surface area contributed by atoms with Crippen molar-refractivity contribution in [3.63, 3.8) is 0 Å². The Hall–Kier alpha value is -3.55. The van der Waals surface area contributed by atoms with Crippen LogP contribution in [0, 0.1) is 18.7 Å². The van der Waals surface area contributed by atoms with Gasteiger partial charge in [0.1, 0.15) is 5.82 Å².